The maximum absolute atomic E-state index is 14.1. The number of nitrogens with zero attached hydrogens (tertiary/aromatic N) is 9. The molecular formula is C41H43FN10O4. The van der Waals surface area contributed by atoms with E-state index in [1.807, 2.05) is 65.3 Å². The first-order valence-corrected chi connectivity index (χ1v) is 19.3. The number of piperidine rings is 1. The first kappa shape index (κ1) is 35.6. The van der Waals surface area contributed by atoms with E-state index in [1.54, 1.807) is 19.2 Å². The normalized spacial score (nSPS) is 19.3. The summed E-state index contributed by atoms with van der Waals surface area (Å²) in [5.41, 5.74) is 4.23. The number of anilines is 2. The SMILES string of the molecule is Cn1c(=O)n(C2CCC(=O)NC2=O)c2cccc(OCCCN3CCN(c4cccc(-c5cnc6ccc(N7CCCC7c7cccc(F)c7)nn56)n4)CC3)c21. The fraction of sp³-hybridized carbons (Fsp3) is 0.366. The predicted molar refractivity (Wildman–Crippen MR) is 209 cm³/mol. The third-order valence-corrected chi connectivity index (χ3v) is 11.3. The summed E-state index contributed by atoms with van der Waals surface area (Å²) in [6.07, 6.45) is 5.04. The van der Waals surface area contributed by atoms with Gasteiger partial charge in [-0.25, -0.2) is 23.7 Å². The van der Waals surface area contributed by atoms with Crippen LogP contribution in [-0.2, 0) is 16.6 Å². The highest BCUT2D eigenvalue weighted by Gasteiger charge is 2.32. The molecule has 2 aromatic carbocycles. The van der Waals surface area contributed by atoms with Gasteiger partial charge in [0.1, 0.15) is 40.5 Å². The molecule has 2 amide bonds. The Labute approximate surface area is 322 Å². The Hall–Kier alpha value is -6.09. The van der Waals surface area contributed by atoms with E-state index in [2.05, 4.69) is 25.0 Å². The lowest BCUT2D eigenvalue weighted by Crippen LogP contribution is -2.47. The van der Waals surface area contributed by atoms with Crippen LogP contribution in [0, 0.1) is 5.82 Å². The second-order valence-electron chi connectivity index (χ2n) is 14.7. The number of ether oxygens (including phenoxy) is 1. The van der Waals surface area contributed by atoms with Gasteiger partial charge in [0.15, 0.2) is 5.65 Å². The minimum absolute atomic E-state index is 0.0636. The molecule has 6 aromatic rings. The number of rotatable bonds is 10. The van der Waals surface area contributed by atoms with Gasteiger partial charge in [-0.05, 0) is 79.8 Å². The zero-order valence-corrected chi connectivity index (χ0v) is 31.2. The summed E-state index contributed by atoms with van der Waals surface area (Å²) in [6.45, 7) is 5.61. The number of aryl methyl sites for hydroxylation is 1. The molecule has 4 aromatic heterocycles. The predicted octanol–water partition coefficient (Wildman–Crippen LogP) is 4.49. The van der Waals surface area contributed by atoms with Crippen molar-refractivity contribution < 1.29 is 18.7 Å². The van der Waals surface area contributed by atoms with Crippen LogP contribution >= 0.6 is 0 Å². The van der Waals surface area contributed by atoms with Crippen molar-refractivity contribution in [2.75, 3.05) is 55.7 Å². The number of hydrogen-bond acceptors (Lipinski definition) is 10. The summed E-state index contributed by atoms with van der Waals surface area (Å²) in [6, 6.07) is 21.7. The first-order valence-electron chi connectivity index (χ1n) is 19.3. The second kappa shape index (κ2) is 14.9. The Morgan fingerprint density at radius 2 is 1.73 bits per heavy atom. The third-order valence-electron chi connectivity index (χ3n) is 11.3. The number of hydrogen-bond donors (Lipinski definition) is 1. The molecule has 2 unspecified atom stereocenters. The number of benzene rings is 2. The van der Waals surface area contributed by atoms with E-state index < -0.39 is 11.9 Å². The number of para-hydroxylation sites is 1. The van der Waals surface area contributed by atoms with Gasteiger partial charge in [0.2, 0.25) is 11.8 Å². The van der Waals surface area contributed by atoms with E-state index in [9.17, 15) is 18.8 Å². The number of fused-ring (bicyclic) bond motifs is 2. The highest BCUT2D eigenvalue weighted by molar-refractivity contribution is 6.00. The molecule has 0 bridgehead atoms. The number of carbonyl (C=O) groups is 2. The summed E-state index contributed by atoms with van der Waals surface area (Å²) in [4.78, 5) is 54.2. The summed E-state index contributed by atoms with van der Waals surface area (Å²) >= 11 is 0. The minimum atomic E-state index is -0.741. The van der Waals surface area contributed by atoms with E-state index in [-0.39, 0.29) is 36.3 Å². The van der Waals surface area contributed by atoms with E-state index in [1.165, 1.54) is 15.2 Å². The number of piperazine rings is 1. The molecule has 3 aliphatic heterocycles. The standard InChI is InChI=1S/C41H43FN10O4/c1-47-39-31(51(41(47)55)32-14-17-38(53)45-40(32)54)10-4-12-34(39)56-24-6-18-48-20-22-49(23-21-48)36-13-3-9-29(44-36)33-26-43-35-15-16-37(46-52(33)35)50-19-5-11-30(50)27-7-2-8-28(42)25-27/h2-4,7-10,12-13,15-16,25-26,30,32H,5-6,11,14,17-24H2,1H3,(H,45,53,54). The lowest BCUT2D eigenvalue weighted by atomic mass is 10.0. The lowest BCUT2D eigenvalue weighted by Gasteiger charge is -2.35. The average Bonchev–Trinajstić information content (AvgIpc) is 3.94. The van der Waals surface area contributed by atoms with Gasteiger partial charge in [-0.3, -0.25) is 28.9 Å². The van der Waals surface area contributed by atoms with Crippen molar-refractivity contribution in [3.8, 4) is 17.1 Å². The van der Waals surface area contributed by atoms with Crippen molar-refractivity contribution in [3.05, 3.63) is 101 Å². The number of carbonyl (C=O) groups excluding carboxylic acids is 2. The Bertz CT molecular complexity index is 2500. The first-order chi connectivity index (χ1) is 27.3. The Kier molecular flexibility index (Phi) is 9.45. The van der Waals surface area contributed by atoms with Crippen LogP contribution in [0.2, 0.25) is 0 Å². The molecule has 9 rings (SSSR count). The van der Waals surface area contributed by atoms with Crippen LogP contribution in [0.5, 0.6) is 5.75 Å². The Morgan fingerprint density at radius 1 is 0.893 bits per heavy atom. The van der Waals surface area contributed by atoms with Crippen molar-refractivity contribution in [1.29, 1.82) is 0 Å². The van der Waals surface area contributed by atoms with Crippen LogP contribution in [-0.4, -0.2) is 91.3 Å². The molecule has 0 spiro atoms. The van der Waals surface area contributed by atoms with Crippen molar-refractivity contribution in [2.45, 2.75) is 44.2 Å². The van der Waals surface area contributed by atoms with E-state index in [4.69, 9.17) is 14.8 Å². The minimum Gasteiger partial charge on any atom is -0.491 e. The highest BCUT2D eigenvalue weighted by Crippen LogP contribution is 2.36. The van der Waals surface area contributed by atoms with Gasteiger partial charge in [0.25, 0.3) is 0 Å². The van der Waals surface area contributed by atoms with Crippen LogP contribution in [0.3, 0.4) is 0 Å². The monoisotopic (exact) mass is 758 g/mol. The summed E-state index contributed by atoms with van der Waals surface area (Å²) in [5, 5.41) is 7.38. The Morgan fingerprint density at radius 3 is 2.57 bits per heavy atom. The van der Waals surface area contributed by atoms with Gasteiger partial charge in [-0.2, -0.15) is 0 Å². The zero-order valence-electron chi connectivity index (χ0n) is 31.2. The second-order valence-corrected chi connectivity index (χ2v) is 14.7. The molecule has 14 nitrogen and oxygen atoms in total. The molecular weight excluding hydrogens is 716 g/mol. The molecule has 7 heterocycles. The number of aromatic nitrogens is 6. The fourth-order valence-electron chi connectivity index (χ4n) is 8.45. The van der Waals surface area contributed by atoms with Crippen molar-refractivity contribution in [2.24, 2.45) is 7.05 Å². The van der Waals surface area contributed by atoms with Gasteiger partial charge < -0.3 is 14.5 Å². The fourth-order valence-corrected chi connectivity index (χ4v) is 8.45. The van der Waals surface area contributed by atoms with Crippen LogP contribution in [0.4, 0.5) is 16.0 Å². The van der Waals surface area contributed by atoms with Crippen LogP contribution in [0.15, 0.2) is 83.8 Å². The van der Waals surface area contributed by atoms with Crippen molar-refractivity contribution in [1.82, 2.24) is 38.9 Å². The lowest BCUT2D eigenvalue weighted by molar-refractivity contribution is -0.135. The van der Waals surface area contributed by atoms with Crippen LogP contribution in [0.1, 0.15) is 49.8 Å². The number of imidazole rings is 2. The number of amides is 2. The summed E-state index contributed by atoms with van der Waals surface area (Å²) < 4.78 is 25.2. The summed E-state index contributed by atoms with van der Waals surface area (Å²) in [5.74, 6) is 1.32. The van der Waals surface area contributed by atoms with E-state index in [0.29, 0.717) is 23.4 Å². The average molecular weight is 759 g/mol. The molecule has 3 saturated heterocycles. The van der Waals surface area contributed by atoms with E-state index in [0.717, 1.165) is 92.8 Å². The van der Waals surface area contributed by atoms with Crippen molar-refractivity contribution in [3.63, 3.8) is 0 Å². The highest BCUT2D eigenvalue weighted by atomic mass is 19.1. The molecule has 15 heteroatoms. The van der Waals surface area contributed by atoms with Gasteiger partial charge in [-0.1, -0.05) is 24.3 Å². The molecule has 0 aliphatic carbocycles. The quantitative estimate of drug-likeness (QED) is 0.157. The molecule has 2 atom stereocenters. The van der Waals surface area contributed by atoms with Gasteiger partial charge in [-0.15, -0.1) is 5.10 Å². The molecule has 1 N–H and O–H groups in total. The molecule has 56 heavy (non-hydrogen) atoms. The largest absolute Gasteiger partial charge is 0.491 e. The zero-order chi connectivity index (χ0) is 38.3. The smallest absolute Gasteiger partial charge is 0.329 e. The number of imide groups is 1. The van der Waals surface area contributed by atoms with Gasteiger partial charge in [0.05, 0.1) is 30.1 Å². The van der Waals surface area contributed by atoms with Crippen LogP contribution < -0.4 is 25.5 Å². The molecule has 3 aliphatic rings. The molecule has 0 saturated carbocycles. The summed E-state index contributed by atoms with van der Waals surface area (Å²) in [7, 11) is 1.68. The topological polar surface area (TPSA) is 135 Å². The van der Waals surface area contributed by atoms with Gasteiger partial charge >= 0.3 is 5.69 Å². The van der Waals surface area contributed by atoms with Crippen LogP contribution in [0.25, 0.3) is 28.1 Å². The maximum atomic E-state index is 14.1. The van der Waals surface area contributed by atoms with Gasteiger partial charge in [0, 0.05) is 52.7 Å². The van der Waals surface area contributed by atoms with Crippen molar-refractivity contribution >= 4 is 40.1 Å². The number of pyridine rings is 1. The molecule has 0 radical (unpaired) electrons. The Balaban J connectivity index is 0.822. The maximum Gasteiger partial charge on any atom is 0.329 e. The molecule has 288 valence electrons. The third kappa shape index (κ3) is 6.65. The number of halogens is 1. The number of nitrogens with one attached hydrogen (secondary N) is 1. The molecule has 3 fully saturated rings. The van der Waals surface area contributed by atoms with E-state index >= 15 is 0 Å².